The third-order valence-corrected chi connectivity index (χ3v) is 4.10. The van der Waals surface area contributed by atoms with Crippen molar-refractivity contribution >= 4 is 16.8 Å². The van der Waals surface area contributed by atoms with Crippen molar-refractivity contribution in [1.82, 2.24) is 10.3 Å². The van der Waals surface area contributed by atoms with Crippen LogP contribution in [-0.4, -0.2) is 28.1 Å². The van der Waals surface area contributed by atoms with Crippen molar-refractivity contribution in [3.8, 4) is 0 Å². The average Bonchev–Trinajstić information content (AvgIpc) is 3.06. The Bertz CT molecular complexity index is 644. The number of halogens is 1. The smallest absolute Gasteiger partial charge is 0.268 e. The fraction of sp³-hybridized carbons (Fsp3) is 0.400. The number of rotatable bonds is 3. The number of fused-ring (bicyclic) bond motifs is 1. The molecule has 20 heavy (non-hydrogen) atoms. The summed E-state index contributed by atoms with van der Waals surface area (Å²) < 4.78 is 13.6. The molecule has 4 nitrogen and oxygen atoms in total. The highest BCUT2D eigenvalue weighted by molar-refractivity contribution is 5.98. The minimum Gasteiger partial charge on any atom is -0.394 e. The summed E-state index contributed by atoms with van der Waals surface area (Å²) in [6.07, 6.45) is 3.57. The minimum atomic E-state index is -0.521. The van der Waals surface area contributed by atoms with Crippen LogP contribution < -0.4 is 5.32 Å². The van der Waals surface area contributed by atoms with E-state index in [1.54, 1.807) is 12.1 Å². The molecule has 0 aliphatic heterocycles. The quantitative estimate of drug-likeness (QED) is 0.805. The second-order valence-corrected chi connectivity index (χ2v) is 5.48. The molecule has 5 heteroatoms. The number of carbonyl (C=O) groups excluding carboxylic acids is 1. The molecule has 1 aliphatic carbocycles. The van der Waals surface area contributed by atoms with Crippen molar-refractivity contribution in [1.29, 1.82) is 0 Å². The lowest BCUT2D eigenvalue weighted by Gasteiger charge is -2.27. The second kappa shape index (κ2) is 4.90. The molecule has 1 aliphatic rings. The molecule has 0 bridgehead atoms. The van der Waals surface area contributed by atoms with Crippen molar-refractivity contribution in [3.63, 3.8) is 0 Å². The van der Waals surface area contributed by atoms with E-state index in [-0.39, 0.29) is 18.3 Å². The van der Waals surface area contributed by atoms with Gasteiger partial charge >= 0.3 is 0 Å². The summed E-state index contributed by atoms with van der Waals surface area (Å²) in [6.45, 7) is -0.0622. The first-order chi connectivity index (χ1) is 9.63. The summed E-state index contributed by atoms with van der Waals surface area (Å²) in [7, 11) is 0. The predicted molar refractivity (Wildman–Crippen MR) is 74.0 cm³/mol. The lowest BCUT2D eigenvalue weighted by atomic mass is 9.99. The maximum absolute atomic E-state index is 13.6. The number of nitrogens with one attached hydrogen (secondary N) is 2. The van der Waals surface area contributed by atoms with Gasteiger partial charge in [0.15, 0.2) is 0 Å². The van der Waals surface area contributed by atoms with Crippen LogP contribution in [0, 0.1) is 5.82 Å². The monoisotopic (exact) mass is 276 g/mol. The summed E-state index contributed by atoms with van der Waals surface area (Å²) in [5, 5.41) is 12.8. The molecule has 1 aromatic carbocycles. The maximum Gasteiger partial charge on any atom is 0.268 e. The van der Waals surface area contributed by atoms with Gasteiger partial charge in [0, 0.05) is 10.9 Å². The molecule has 1 heterocycles. The molecule has 1 saturated carbocycles. The lowest BCUT2D eigenvalue weighted by Crippen LogP contribution is -2.49. The summed E-state index contributed by atoms with van der Waals surface area (Å²) >= 11 is 0. The van der Waals surface area contributed by atoms with E-state index in [0.717, 1.165) is 25.7 Å². The first-order valence-corrected chi connectivity index (χ1v) is 6.84. The van der Waals surface area contributed by atoms with Crippen LogP contribution in [0.15, 0.2) is 24.3 Å². The molecule has 1 fully saturated rings. The molecule has 3 rings (SSSR count). The first kappa shape index (κ1) is 13.1. The highest BCUT2D eigenvalue weighted by Crippen LogP contribution is 2.29. The summed E-state index contributed by atoms with van der Waals surface area (Å²) in [4.78, 5) is 15.2. The highest BCUT2D eigenvalue weighted by Gasteiger charge is 2.35. The average molecular weight is 276 g/mol. The van der Waals surface area contributed by atoms with Gasteiger partial charge in [-0.3, -0.25) is 4.79 Å². The Morgan fingerprint density at radius 2 is 2.15 bits per heavy atom. The largest absolute Gasteiger partial charge is 0.394 e. The normalized spacial score (nSPS) is 17.5. The molecule has 106 valence electrons. The van der Waals surface area contributed by atoms with Crippen molar-refractivity contribution < 1.29 is 14.3 Å². The summed E-state index contributed by atoms with van der Waals surface area (Å²) in [6, 6.07) is 6.21. The third kappa shape index (κ3) is 2.18. The van der Waals surface area contributed by atoms with Gasteiger partial charge in [-0.15, -0.1) is 0 Å². The van der Waals surface area contributed by atoms with E-state index in [1.165, 1.54) is 12.1 Å². The molecular formula is C15H17FN2O2. The van der Waals surface area contributed by atoms with Crippen LogP contribution in [0.1, 0.15) is 36.2 Å². The van der Waals surface area contributed by atoms with Crippen molar-refractivity contribution in [2.45, 2.75) is 31.2 Å². The van der Waals surface area contributed by atoms with Gasteiger partial charge in [0.2, 0.25) is 0 Å². The van der Waals surface area contributed by atoms with E-state index in [9.17, 15) is 14.3 Å². The van der Waals surface area contributed by atoms with Crippen molar-refractivity contribution in [2.75, 3.05) is 6.61 Å². The number of aliphatic hydroxyl groups excluding tert-OH is 1. The van der Waals surface area contributed by atoms with Crippen LogP contribution in [0.2, 0.25) is 0 Å². The Morgan fingerprint density at radius 1 is 1.40 bits per heavy atom. The highest BCUT2D eigenvalue weighted by atomic mass is 19.1. The van der Waals surface area contributed by atoms with Crippen LogP contribution in [0.25, 0.3) is 10.9 Å². The standard InChI is InChI=1S/C15H17FN2O2/c16-11-4-3-5-12-10(11)8-13(17-12)14(20)18-15(9-19)6-1-2-7-15/h3-5,8,17,19H,1-2,6-7,9H2,(H,18,20). The van der Waals surface area contributed by atoms with Gasteiger partial charge in [-0.1, -0.05) is 18.9 Å². The van der Waals surface area contributed by atoms with E-state index < -0.39 is 5.54 Å². The fourth-order valence-corrected chi connectivity index (χ4v) is 2.92. The fourth-order valence-electron chi connectivity index (χ4n) is 2.92. The van der Waals surface area contributed by atoms with Crippen LogP contribution in [0.4, 0.5) is 4.39 Å². The lowest BCUT2D eigenvalue weighted by molar-refractivity contribution is 0.0834. The zero-order chi connectivity index (χ0) is 14.2. The number of amides is 1. The van der Waals surface area contributed by atoms with Gasteiger partial charge in [-0.05, 0) is 31.0 Å². The molecule has 2 aromatic rings. The number of aromatic amines is 1. The SMILES string of the molecule is O=C(NC1(CO)CCCC1)c1cc2c(F)cccc2[nH]1. The Labute approximate surface area is 116 Å². The molecule has 0 radical (unpaired) electrons. The Kier molecular flexibility index (Phi) is 3.22. The number of H-pyrrole nitrogens is 1. The summed E-state index contributed by atoms with van der Waals surface area (Å²) in [5.74, 6) is -0.646. The number of aliphatic hydroxyl groups is 1. The van der Waals surface area contributed by atoms with Gasteiger partial charge in [0.25, 0.3) is 5.91 Å². The number of benzene rings is 1. The van der Waals surface area contributed by atoms with E-state index in [0.29, 0.717) is 16.6 Å². The van der Waals surface area contributed by atoms with Crippen LogP contribution >= 0.6 is 0 Å². The molecular weight excluding hydrogens is 259 g/mol. The van der Waals surface area contributed by atoms with E-state index in [1.807, 2.05) is 0 Å². The number of carbonyl (C=O) groups is 1. The number of hydrogen-bond acceptors (Lipinski definition) is 2. The zero-order valence-electron chi connectivity index (χ0n) is 11.1. The van der Waals surface area contributed by atoms with E-state index >= 15 is 0 Å². The Hall–Kier alpha value is -1.88. The Morgan fingerprint density at radius 3 is 2.80 bits per heavy atom. The number of hydrogen-bond donors (Lipinski definition) is 3. The predicted octanol–water partition coefficient (Wildman–Crippen LogP) is 2.34. The Balaban J connectivity index is 1.87. The first-order valence-electron chi connectivity index (χ1n) is 6.84. The van der Waals surface area contributed by atoms with Gasteiger partial charge in [-0.2, -0.15) is 0 Å². The van der Waals surface area contributed by atoms with Gasteiger partial charge < -0.3 is 15.4 Å². The molecule has 0 atom stereocenters. The maximum atomic E-state index is 13.6. The molecule has 0 spiro atoms. The van der Waals surface area contributed by atoms with E-state index in [4.69, 9.17) is 0 Å². The van der Waals surface area contributed by atoms with Crippen LogP contribution in [0.5, 0.6) is 0 Å². The van der Waals surface area contributed by atoms with Crippen LogP contribution in [-0.2, 0) is 0 Å². The number of aromatic nitrogens is 1. The third-order valence-electron chi connectivity index (χ3n) is 4.10. The van der Waals surface area contributed by atoms with Crippen molar-refractivity contribution in [2.24, 2.45) is 0 Å². The van der Waals surface area contributed by atoms with Gasteiger partial charge in [-0.25, -0.2) is 4.39 Å². The van der Waals surface area contributed by atoms with Gasteiger partial charge in [0.05, 0.1) is 12.1 Å². The molecule has 0 saturated heterocycles. The molecule has 0 unspecified atom stereocenters. The minimum absolute atomic E-state index is 0.0622. The zero-order valence-corrected chi connectivity index (χ0v) is 11.1. The van der Waals surface area contributed by atoms with Crippen LogP contribution in [0.3, 0.4) is 0 Å². The molecule has 1 aromatic heterocycles. The molecule has 3 N–H and O–H groups in total. The van der Waals surface area contributed by atoms with E-state index in [2.05, 4.69) is 10.3 Å². The summed E-state index contributed by atoms with van der Waals surface area (Å²) in [5.41, 5.74) is 0.400. The van der Waals surface area contributed by atoms with Crippen molar-refractivity contribution in [3.05, 3.63) is 35.8 Å². The molecule has 1 amide bonds. The topological polar surface area (TPSA) is 65.1 Å². The second-order valence-electron chi connectivity index (χ2n) is 5.48. The van der Waals surface area contributed by atoms with Gasteiger partial charge in [0.1, 0.15) is 11.5 Å².